The SMILES string of the molecule is CN(Cc1cc(N)ccc1Cl)C(=O)CC1CCC1. The smallest absolute Gasteiger partial charge is 0.222 e. The molecule has 1 aromatic rings. The Kier molecular flexibility index (Phi) is 4.12. The zero-order chi connectivity index (χ0) is 13.1. The van der Waals surface area contributed by atoms with Gasteiger partial charge in [-0.15, -0.1) is 0 Å². The number of carbonyl (C=O) groups is 1. The predicted octanol–water partition coefficient (Wildman–Crippen LogP) is 3.07. The summed E-state index contributed by atoms with van der Waals surface area (Å²) in [6.07, 6.45) is 4.32. The molecule has 1 aliphatic carbocycles. The number of anilines is 1. The van der Waals surface area contributed by atoms with Gasteiger partial charge in [-0.1, -0.05) is 18.0 Å². The summed E-state index contributed by atoms with van der Waals surface area (Å²) < 4.78 is 0. The fraction of sp³-hybridized carbons (Fsp3) is 0.500. The second kappa shape index (κ2) is 5.61. The van der Waals surface area contributed by atoms with Crippen LogP contribution in [0, 0.1) is 5.92 Å². The molecule has 0 unspecified atom stereocenters. The Morgan fingerprint density at radius 3 is 2.83 bits per heavy atom. The van der Waals surface area contributed by atoms with E-state index in [2.05, 4.69) is 0 Å². The van der Waals surface area contributed by atoms with Crippen LogP contribution in [0.4, 0.5) is 5.69 Å². The van der Waals surface area contributed by atoms with Gasteiger partial charge in [0.05, 0.1) is 0 Å². The fourth-order valence-corrected chi connectivity index (χ4v) is 2.34. The number of hydrogen-bond acceptors (Lipinski definition) is 2. The first-order valence-electron chi connectivity index (χ1n) is 6.34. The number of nitrogen functional groups attached to an aromatic ring is 1. The van der Waals surface area contributed by atoms with Crippen molar-refractivity contribution in [3.63, 3.8) is 0 Å². The molecule has 1 amide bonds. The van der Waals surface area contributed by atoms with Crippen LogP contribution in [0.1, 0.15) is 31.2 Å². The average molecular weight is 267 g/mol. The van der Waals surface area contributed by atoms with Crippen molar-refractivity contribution in [2.45, 2.75) is 32.2 Å². The monoisotopic (exact) mass is 266 g/mol. The maximum absolute atomic E-state index is 12.0. The molecule has 4 heteroatoms. The van der Waals surface area contributed by atoms with E-state index in [0.717, 1.165) is 5.56 Å². The number of carbonyl (C=O) groups excluding carboxylic acids is 1. The zero-order valence-electron chi connectivity index (χ0n) is 10.7. The van der Waals surface area contributed by atoms with Gasteiger partial charge in [0.15, 0.2) is 0 Å². The minimum atomic E-state index is 0.193. The molecule has 0 saturated heterocycles. The van der Waals surface area contributed by atoms with Crippen LogP contribution in [0.3, 0.4) is 0 Å². The van der Waals surface area contributed by atoms with Gasteiger partial charge in [-0.3, -0.25) is 4.79 Å². The van der Waals surface area contributed by atoms with Crippen molar-refractivity contribution in [2.75, 3.05) is 12.8 Å². The quantitative estimate of drug-likeness (QED) is 0.852. The Bertz CT molecular complexity index is 443. The summed E-state index contributed by atoms with van der Waals surface area (Å²) in [7, 11) is 1.82. The molecular formula is C14H19ClN2O. The summed E-state index contributed by atoms with van der Waals surface area (Å²) in [6.45, 7) is 0.523. The van der Waals surface area contributed by atoms with Crippen LogP contribution in [0.5, 0.6) is 0 Å². The Hall–Kier alpha value is -1.22. The lowest BCUT2D eigenvalue weighted by Gasteiger charge is -2.27. The summed E-state index contributed by atoms with van der Waals surface area (Å²) in [5.74, 6) is 0.787. The van der Waals surface area contributed by atoms with Crippen molar-refractivity contribution in [2.24, 2.45) is 5.92 Å². The molecule has 1 aromatic carbocycles. The van der Waals surface area contributed by atoms with Crippen molar-refractivity contribution in [3.05, 3.63) is 28.8 Å². The molecular weight excluding hydrogens is 248 g/mol. The highest BCUT2D eigenvalue weighted by molar-refractivity contribution is 6.31. The predicted molar refractivity (Wildman–Crippen MR) is 74.3 cm³/mol. The van der Waals surface area contributed by atoms with Crippen molar-refractivity contribution in [3.8, 4) is 0 Å². The van der Waals surface area contributed by atoms with Gasteiger partial charge in [0, 0.05) is 30.7 Å². The molecule has 1 aliphatic rings. The summed E-state index contributed by atoms with van der Waals surface area (Å²) in [5.41, 5.74) is 7.31. The first-order valence-corrected chi connectivity index (χ1v) is 6.72. The minimum Gasteiger partial charge on any atom is -0.399 e. The van der Waals surface area contributed by atoms with Crippen LogP contribution >= 0.6 is 11.6 Å². The zero-order valence-corrected chi connectivity index (χ0v) is 11.4. The lowest BCUT2D eigenvalue weighted by molar-refractivity contribution is -0.132. The van der Waals surface area contributed by atoms with E-state index in [0.29, 0.717) is 29.6 Å². The van der Waals surface area contributed by atoms with Gasteiger partial charge in [-0.25, -0.2) is 0 Å². The summed E-state index contributed by atoms with van der Waals surface area (Å²) in [5, 5.41) is 0.660. The van der Waals surface area contributed by atoms with Crippen LogP contribution in [0.25, 0.3) is 0 Å². The van der Waals surface area contributed by atoms with E-state index >= 15 is 0 Å². The highest BCUT2D eigenvalue weighted by Gasteiger charge is 2.22. The maximum atomic E-state index is 12.0. The molecule has 0 aromatic heterocycles. The second-order valence-corrected chi connectivity index (χ2v) is 5.51. The Labute approximate surface area is 113 Å². The summed E-state index contributed by atoms with van der Waals surface area (Å²) in [6, 6.07) is 5.37. The third-order valence-electron chi connectivity index (χ3n) is 3.59. The maximum Gasteiger partial charge on any atom is 0.222 e. The number of amides is 1. The van der Waals surface area contributed by atoms with E-state index in [4.69, 9.17) is 17.3 Å². The van der Waals surface area contributed by atoms with E-state index in [1.54, 1.807) is 17.0 Å². The van der Waals surface area contributed by atoms with Gasteiger partial charge >= 0.3 is 0 Å². The number of halogens is 1. The lowest BCUT2D eigenvalue weighted by Crippen LogP contribution is -2.29. The highest BCUT2D eigenvalue weighted by Crippen LogP contribution is 2.30. The summed E-state index contributed by atoms with van der Waals surface area (Å²) >= 11 is 6.10. The Balaban J connectivity index is 1.94. The molecule has 2 N–H and O–H groups in total. The van der Waals surface area contributed by atoms with Gasteiger partial charge in [0.1, 0.15) is 0 Å². The summed E-state index contributed by atoms with van der Waals surface area (Å²) in [4.78, 5) is 13.7. The van der Waals surface area contributed by atoms with E-state index in [1.807, 2.05) is 13.1 Å². The molecule has 3 nitrogen and oxygen atoms in total. The fourth-order valence-electron chi connectivity index (χ4n) is 2.16. The first kappa shape index (κ1) is 13.2. The average Bonchev–Trinajstić information content (AvgIpc) is 2.28. The second-order valence-electron chi connectivity index (χ2n) is 5.10. The van der Waals surface area contributed by atoms with E-state index in [-0.39, 0.29) is 5.91 Å². The first-order chi connectivity index (χ1) is 8.56. The van der Waals surface area contributed by atoms with Crippen molar-refractivity contribution in [1.82, 2.24) is 4.90 Å². The molecule has 0 atom stereocenters. The normalized spacial score (nSPS) is 15.2. The molecule has 0 bridgehead atoms. The third-order valence-corrected chi connectivity index (χ3v) is 3.96. The van der Waals surface area contributed by atoms with Gasteiger partial charge in [0.2, 0.25) is 5.91 Å². The van der Waals surface area contributed by atoms with Gasteiger partial charge in [-0.2, -0.15) is 0 Å². The van der Waals surface area contributed by atoms with Crippen LogP contribution in [0.2, 0.25) is 5.02 Å². The van der Waals surface area contributed by atoms with Crippen molar-refractivity contribution in [1.29, 1.82) is 0 Å². The number of benzene rings is 1. The molecule has 2 rings (SSSR count). The van der Waals surface area contributed by atoms with Gasteiger partial charge < -0.3 is 10.6 Å². The van der Waals surface area contributed by atoms with Crippen molar-refractivity contribution < 1.29 is 4.79 Å². The topological polar surface area (TPSA) is 46.3 Å². The van der Waals surface area contributed by atoms with E-state index in [1.165, 1.54) is 19.3 Å². The van der Waals surface area contributed by atoms with Gasteiger partial charge in [-0.05, 0) is 42.5 Å². The van der Waals surface area contributed by atoms with E-state index in [9.17, 15) is 4.79 Å². The molecule has 18 heavy (non-hydrogen) atoms. The third kappa shape index (κ3) is 3.16. The minimum absolute atomic E-state index is 0.193. The number of hydrogen-bond donors (Lipinski definition) is 1. The molecule has 0 radical (unpaired) electrons. The lowest BCUT2D eigenvalue weighted by atomic mass is 9.83. The number of rotatable bonds is 4. The van der Waals surface area contributed by atoms with Crippen LogP contribution in [0.15, 0.2) is 18.2 Å². The largest absolute Gasteiger partial charge is 0.399 e. The highest BCUT2D eigenvalue weighted by atomic mass is 35.5. The molecule has 0 heterocycles. The van der Waals surface area contributed by atoms with Crippen LogP contribution in [-0.2, 0) is 11.3 Å². The molecule has 0 aliphatic heterocycles. The van der Waals surface area contributed by atoms with Crippen LogP contribution in [-0.4, -0.2) is 17.9 Å². The van der Waals surface area contributed by atoms with Crippen LogP contribution < -0.4 is 5.73 Å². The molecule has 0 spiro atoms. The number of nitrogens with zero attached hydrogens (tertiary/aromatic N) is 1. The standard InChI is InChI=1S/C14H19ClN2O/c1-17(14(18)7-10-3-2-4-10)9-11-8-12(16)5-6-13(11)15/h5-6,8,10H,2-4,7,9,16H2,1H3. The van der Waals surface area contributed by atoms with E-state index < -0.39 is 0 Å². The number of nitrogens with two attached hydrogens (primary N) is 1. The van der Waals surface area contributed by atoms with Gasteiger partial charge in [0.25, 0.3) is 0 Å². The molecule has 1 fully saturated rings. The Morgan fingerprint density at radius 2 is 2.22 bits per heavy atom. The Morgan fingerprint density at radius 1 is 1.50 bits per heavy atom. The van der Waals surface area contributed by atoms with Crippen molar-refractivity contribution >= 4 is 23.2 Å². The molecule has 98 valence electrons. The molecule has 1 saturated carbocycles.